The van der Waals surface area contributed by atoms with Crippen LogP contribution in [0.2, 0.25) is 0 Å². The van der Waals surface area contributed by atoms with Crippen LogP contribution in [0, 0.1) is 0 Å². The minimum atomic E-state index is -4.94. The van der Waals surface area contributed by atoms with Gasteiger partial charge in [0.25, 0.3) is 0 Å². The molecule has 4 N–H and O–H groups in total. The van der Waals surface area contributed by atoms with Gasteiger partial charge in [-0.2, -0.15) is 0 Å². The van der Waals surface area contributed by atoms with Crippen molar-refractivity contribution in [2.75, 3.05) is 39.6 Å². The number of allylic oxidation sites excluding steroid dienone is 28. The van der Waals surface area contributed by atoms with Gasteiger partial charge < -0.3 is 34.2 Å². The summed E-state index contributed by atoms with van der Waals surface area (Å²) in [5, 5.41) is 20.7. The lowest BCUT2D eigenvalue weighted by atomic mass is 10.0. The fraction of sp³-hybridized carbons (Fsp3) is 0.667. The molecule has 0 radical (unpaired) electrons. The summed E-state index contributed by atoms with van der Waals surface area (Å²) in [4.78, 5) is 58.9. The van der Waals surface area contributed by atoms with Gasteiger partial charge >= 0.3 is 33.6 Å². The lowest BCUT2D eigenvalue weighted by molar-refractivity contribution is -0.161. The molecule has 0 aromatic carbocycles. The Morgan fingerprint density at radius 1 is 0.252 bits per heavy atom. The molecule has 634 valence electrons. The van der Waals surface area contributed by atoms with Crippen LogP contribution in [0.15, 0.2) is 170 Å². The number of hydrogen-bond donors (Lipinski definition) is 4. The molecule has 0 rings (SSSR count). The molecule has 0 bridgehead atoms. The Morgan fingerprint density at radius 3 is 0.712 bits per heavy atom. The lowest BCUT2D eigenvalue weighted by Gasteiger charge is -2.21. The van der Waals surface area contributed by atoms with Gasteiger partial charge in [0.05, 0.1) is 26.4 Å². The van der Waals surface area contributed by atoms with Crippen molar-refractivity contribution >= 4 is 33.6 Å². The van der Waals surface area contributed by atoms with E-state index < -0.39 is 91.5 Å². The summed E-state index contributed by atoms with van der Waals surface area (Å²) in [6, 6.07) is 0. The predicted molar refractivity (Wildman–Crippen MR) is 463 cm³/mol. The second-order valence-corrected chi connectivity index (χ2v) is 31.5. The molecule has 0 aromatic rings. The molecule has 0 spiro atoms. The second-order valence-electron chi connectivity index (χ2n) is 28.5. The zero-order chi connectivity index (χ0) is 80.8. The molecule has 0 aliphatic heterocycles. The van der Waals surface area contributed by atoms with Gasteiger partial charge in [0.2, 0.25) is 0 Å². The maximum atomic E-state index is 13.0. The Hall–Kier alpha value is -5.09. The number of phosphoric ester groups is 2. The molecule has 0 saturated heterocycles. The van der Waals surface area contributed by atoms with Crippen LogP contribution in [-0.2, 0) is 55.8 Å². The number of carbonyl (C=O) groups excluding carboxylic acids is 3. The number of ether oxygens (including phenoxy) is 3. The van der Waals surface area contributed by atoms with Gasteiger partial charge in [-0.3, -0.25) is 32.5 Å². The highest BCUT2D eigenvalue weighted by molar-refractivity contribution is 7.47. The Labute approximate surface area is 675 Å². The maximum absolute atomic E-state index is 13.0. The average Bonchev–Trinajstić information content (AvgIpc) is 0.900. The van der Waals surface area contributed by atoms with Gasteiger partial charge in [0, 0.05) is 19.3 Å². The highest BCUT2D eigenvalue weighted by Gasteiger charge is 2.29. The van der Waals surface area contributed by atoms with Crippen LogP contribution < -0.4 is 0 Å². The van der Waals surface area contributed by atoms with Crippen molar-refractivity contribution in [3.63, 3.8) is 0 Å². The highest BCUT2D eigenvalue weighted by atomic mass is 31.2. The monoisotopic (exact) mass is 1590 g/mol. The van der Waals surface area contributed by atoms with E-state index in [0.717, 1.165) is 193 Å². The first kappa shape index (κ1) is 106. The number of carbonyl (C=O) groups is 3. The maximum Gasteiger partial charge on any atom is 0.472 e. The van der Waals surface area contributed by atoms with E-state index >= 15 is 0 Å². The molecule has 111 heavy (non-hydrogen) atoms. The van der Waals surface area contributed by atoms with Crippen molar-refractivity contribution in [2.24, 2.45) is 0 Å². The summed E-state index contributed by atoms with van der Waals surface area (Å²) < 4.78 is 61.3. The molecule has 16 nitrogen and oxygen atoms in total. The summed E-state index contributed by atoms with van der Waals surface area (Å²) in [5.41, 5.74) is 0. The minimum Gasteiger partial charge on any atom is -0.463 e. The van der Waals surface area contributed by atoms with Crippen molar-refractivity contribution in [3.8, 4) is 0 Å². The number of unbranched alkanes of at least 4 members (excludes halogenated alkanes) is 30. The summed E-state index contributed by atoms with van der Waals surface area (Å²) in [6.45, 7) is 2.35. The normalized spacial score (nSPS) is 14.7. The number of phosphoric acid groups is 2. The SMILES string of the molecule is CC/C=C\C/C=C\C/C=C\C/C=C\C/C=C\C/C=C\CCCCCCCCCCCCCCC(=O)OCC(O)COP(=O)(O)OCC(O)COP(=O)(O)OCC(COC(=O)CCCCCCCCCCCCC/C=C\C/C=C\C/C=C\C/C=C\C/C=C\CC)OC(=O)CCCCCCCCC/C=C\C/C=C\C/C=C\CC. The molecular weight excluding hydrogens is 1430 g/mol. The third-order valence-corrected chi connectivity index (χ3v) is 19.8. The molecule has 0 aromatic heterocycles. The van der Waals surface area contributed by atoms with Crippen molar-refractivity contribution in [3.05, 3.63) is 170 Å². The van der Waals surface area contributed by atoms with Gasteiger partial charge in [-0.25, -0.2) is 9.13 Å². The molecule has 0 heterocycles. The predicted octanol–water partition coefficient (Wildman–Crippen LogP) is 26.3. The Balaban J connectivity index is 4.55. The minimum absolute atomic E-state index is 0.0888. The Kier molecular flexibility index (Phi) is 80.4. The molecule has 5 atom stereocenters. The fourth-order valence-electron chi connectivity index (χ4n) is 11.4. The van der Waals surface area contributed by atoms with Crippen molar-refractivity contribution in [1.29, 1.82) is 0 Å². The van der Waals surface area contributed by atoms with E-state index in [2.05, 4.69) is 191 Å². The lowest BCUT2D eigenvalue weighted by Crippen LogP contribution is -2.30. The number of aliphatic hydroxyl groups excluding tert-OH is 2. The van der Waals surface area contributed by atoms with Crippen LogP contribution in [0.5, 0.6) is 0 Å². The summed E-state index contributed by atoms with van der Waals surface area (Å²) in [6.07, 6.45) is 108. The molecule has 0 aliphatic rings. The van der Waals surface area contributed by atoms with Crippen molar-refractivity contribution in [2.45, 2.75) is 360 Å². The second kappa shape index (κ2) is 84.3. The van der Waals surface area contributed by atoms with Crippen molar-refractivity contribution in [1.82, 2.24) is 0 Å². The van der Waals surface area contributed by atoms with E-state index in [4.69, 9.17) is 32.3 Å². The van der Waals surface area contributed by atoms with Gasteiger partial charge in [-0.05, 0) is 148 Å². The zero-order valence-corrected chi connectivity index (χ0v) is 71.4. The number of esters is 3. The standard InChI is InChI=1S/C93H156O16P2/c1-4-7-10-13-16-19-22-25-28-31-33-35-37-39-41-42-43-44-46-48-49-51-53-56-58-61-64-67-70-73-76-79-91(96)103-82-88(94)83-105-110(99,100)106-84-89(95)85-107-111(101,102)108-87-90(109-93(98)81-78-75-72-69-66-63-60-55-30-27-24-21-18-15-12-9-6-3)86-104-92(97)80-77-74-71-68-65-62-59-57-54-52-50-47-45-40-38-36-34-32-29-26-23-20-17-14-11-8-5-2/h7-12,16-21,25-30,33-36,39-41,43-45,88-90,94-95H,4-6,13-15,22-24,31-32,37-38,42,46-87H2,1-3H3,(H,99,100)(H,101,102)/b10-7-,11-8-,12-9-,19-16-,20-17-,21-18-,28-25-,29-26-,30-27-,35-33-,36-34-,41-39-,44-43-,45-40-. The largest absolute Gasteiger partial charge is 0.472 e. The van der Waals surface area contributed by atoms with Gasteiger partial charge in [-0.15, -0.1) is 0 Å². The zero-order valence-electron chi connectivity index (χ0n) is 69.6. The Morgan fingerprint density at radius 2 is 0.450 bits per heavy atom. The first-order chi connectivity index (χ1) is 54.2. The van der Waals surface area contributed by atoms with Crippen LogP contribution in [-0.4, -0.2) is 95.9 Å². The number of rotatable bonds is 81. The van der Waals surface area contributed by atoms with E-state index in [1.807, 2.05) is 0 Å². The van der Waals surface area contributed by atoms with E-state index in [1.54, 1.807) is 0 Å². The first-order valence-electron chi connectivity index (χ1n) is 43.4. The topological polar surface area (TPSA) is 231 Å². The molecular formula is C93H156O16P2. The fourth-order valence-corrected chi connectivity index (χ4v) is 13.0. The molecule has 0 fully saturated rings. The molecule has 0 amide bonds. The van der Waals surface area contributed by atoms with E-state index in [-0.39, 0.29) is 19.3 Å². The summed E-state index contributed by atoms with van der Waals surface area (Å²) in [7, 11) is -9.81. The van der Waals surface area contributed by atoms with E-state index in [9.17, 15) is 43.5 Å². The number of hydrogen-bond acceptors (Lipinski definition) is 14. The van der Waals surface area contributed by atoms with Gasteiger partial charge in [-0.1, -0.05) is 345 Å². The third-order valence-electron chi connectivity index (χ3n) is 17.9. The number of aliphatic hydroxyl groups is 2. The van der Waals surface area contributed by atoms with Gasteiger partial charge in [0.15, 0.2) is 6.10 Å². The molecule has 0 saturated carbocycles. The Bertz CT molecular complexity index is 2700. The molecule has 18 heteroatoms. The molecule has 0 aliphatic carbocycles. The average molecular weight is 1590 g/mol. The van der Waals surface area contributed by atoms with E-state index in [1.165, 1.54) is 89.9 Å². The van der Waals surface area contributed by atoms with Crippen LogP contribution >= 0.6 is 15.6 Å². The molecule has 5 unspecified atom stereocenters. The first-order valence-corrected chi connectivity index (χ1v) is 46.4. The third kappa shape index (κ3) is 85.6. The van der Waals surface area contributed by atoms with Crippen LogP contribution in [0.3, 0.4) is 0 Å². The van der Waals surface area contributed by atoms with Crippen LogP contribution in [0.4, 0.5) is 0 Å². The van der Waals surface area contributed by atoms with E-state index in [0.29, 0.717) is 19.3 Å². The van der Waals surface area contributed by atoms with Crippen LogP contribution in [0.1, 0.15) is 342 Å². The van der Waals surface area contributed by atoms with Gasteiger partial charge in [0.1, 0.15) is 25.4 Å². The highest BCUT2D eigenvalue weighted by Crippen LogP contribution is 2.45. The smallest absolute Gasteiger partial charge is 0.463 e. The van der Waals surface area contributed by atoms with Crippen molar-refractivity contribution < 1.29 is 75.8 Å². The summed E-state index contributed by atoms with van der Waals surface area (Å²) >= 11 is 0. The van der Waals surface area contributed by atoms with Crippen LogP contribution in [0.25, 0.3) is 0 Å². The summed E-state index contributed by atoms with van der Waals surface area (Å²) in [5.74, 6) is -1.59. The quantitative estimate of drug-likeness (QED) is 0.0146.